The van der Waals surface area contributed by atoms with Gasteiger partial charge in [-0.2, -0.15) is 0 Å². The van der Waals surface area contributed by atoms with Gasteiger partial charge < -0.3 is 10.2 Å². The van der Waals surface area contributed by atoms with E-state index in [0.717, 1.165) is 18.7 Å². The predicted molar refractivity (Wildman–Crippen MR) is 75.6 cm³/mol. The third-order valence-corrected chi connectivity index (χ3v) is 3.08. The summed E-state index contributed by atoms with van der Waals surface area (Å²) in [5, 5.41) is 3.91. The summed E-state index contributed by atoms with van der Waals surface area (Å²) >= 11 is 5.83. The van der Waals surface area contributed by atoms with Crippen LogP contribution < -0.4 is 5.32 Å². The Morgan fingerprint density at radius 3 is 2.56 bits per heavy atom. The molecule has 0 radical (unpaired) electrons. The molecule has 0 saturated carbocycles. The Kier molecular flexibility index (Phi) is 6.16. The summed E-state index contributed by atoms with van der Waals surface area (Å²) in [5.41, 5.74) is 1.09. The van der Waals surface area contributed by atoms with E-state index in [1.807, 2.05) is 45.2 Å². The van der Waals surface area contributed by atoms with Crippen LogP contribution in [0.25, 0.3) is 0 Å². The van der Waals surface area contributed by atoms with Gasteiger partial charge >= 0.3 is 0 Å². The first-order chi connectivity index (χ1) is 8.54. The first-order valence-electron chi connectivity index (χ1n) is 6.24. The molecule has 0 heterocycles. The molecule has 18 heavy (non-hydrogen) atoms. The Balaban J connectivity index is 2.51. The number of halogens is 1. The maximum atomic E-state index is 12.1. The van der Waals surface area contributed by atoms with Gasteiger partial charge in [-0.3, -0.25) is 4.79 Å². The molecule has 1 rings (SSSR count). The molecule has 0 bridgehead atoms. The van der Waals surface area contributed by atoms with Crippen molar-refractivity contribution in [3.05, 3.63) is 34.9 Å². The first-order valence-corrected chi connectivity index (χ1v) is 6.62. The van der Waals surface area contributed by atoms with E-state index in [9.17, 15) is 4.79 Å². The summed E-state index contributed by atoms with van der Waals surface area (Å²) in [4.78, 5) is 13.8. The van der Waals surface area contributed by atoms with Gasteiger partial charge in [0.05, 0.1) is 0 Å². The van der Waals surface area contributed by atoms with Crippen molar-refractivity contribution >= 4 is 17.5 Å². The van der Waals surface area contributed by atoms with Crippen LogP contribution in [0.4, 0.5) is 0 Å². The highest BCUT2D eigenvalue weighted by Crippen LogP contribution is 2.12. The monoisotopic (exact) mass is 268 g/mol. The quantitative estimate of drug-likeness (QED) is 0.860. The molecule has 1 amide bonds. The number of amides is 1. The van der Waals surface area contributed by atoms with Crippen molar-refractivity contribution in [3.8, 4) is 0 Å². The molecule has 0 fully saturated rings. The second-order valence-corrected chi connectivity index (χ2v) is 4.97. The molecule has 1 aromatic rings. The zero-order valence-corrected chi connectivity index (χ0v) is 12.0. The number of benzene rings is 1. The predicted octanol–water partition coefficient (Wildman–Crippen LogP) is 2.54. The smallest absolute Gasteiger partial charge is 0.226 e. The van der Waals surface area contributed by atoms with Crippen LogP contribution in [0.1, 0.15) is 19.4 Å². The molecule has 0 aliphatic rings. The molecule has 4 heteroatoms. The van der Waals surface area contributed by atoms with E-state index < -0.39 is 0 Å². The number of rotatable bonds is 6. The van der Waals surface area contributed by atoms with E-state index in [-0.39, 0.29) is 11.8 Å². The summed E-state index contributed by atoms with van der Waals surface area (Å²) in [6.45, 7) is 6.21. The highest BCUT2D eigenvalue weighted by Gasteiger charge is 2.16. The summed E-state index contributed by atoms with van der Waals surface area (Å²) in [5.74, 6) is 0.160. The molecule has 1 unspecified atom stereocenters. The van der Waals surface area contributed by atoms with Gasteiger partial charge in [0.15, 0.2) is 0 Å². The lowest BCUT2D eigenvalue weighted by Gasteiger charge is -2.21. The maximum absolute atomic E-state index is 12.1. The lowest BCUT2D eigenvalue weighted by Crippen LogP contribution is -2.36. The van der Waals surface area contributed by atoms with E-state index in [1.54, 1.807) is 4.90 Å². The number of carbonyl (C=O) groups is 1. The van der Waals surface area contributed by atoms with E-state index in [0.29, 0.717) is 11.6 Å². The molecular weight excluding hydrogens is 248 g/mol. The second-order valence-electron chi connectivity index (χ2n) is 4.53. The molecule has 0 aromatic heterocycles. The molecule has 3 nitrogen and oxygen atoms in total. The van der Waals surface area contributed by atoms with E-state index in [1.165, 1.54) is 0 Å². The molecule has 1 aromatic carbocycles. The van der Waals surface area contributed by atoms with Crippen LogP contribution >= 0.6 is 11.6 Å². The summed E-state index contributed by atoms with van der Waals surface area (Å²) in [6.07, 6.45) is 0. The maximum Gasteiger partial charge on any atom is 0.226 e. The Labute approximate surface area is 114 Å². The van der Waals surface area contributed by atoms with Crippen molar-refractivity contribution < 1.29 is 4.79 Å². The molecule has 1 N–H and O–H groups in total. The van der Waals surface area contributed by atoms with E-state index in [4.69, 9.17) is 11.6 Å². The molecule has 0 spiro atoms. The van der Waals surface area contributed by atoms with Crippen LogP contribution in [-0.4, -0.2) is 30.9 Å². The van der Waals surface area contributed by atoms with Crippen LogP contribution in [0.15, 0.2) is 24.3 Å². The minimum absolute atomic E-state index is 0.00208. The molecule has 100 valence electrons. The minimum Gasteiger partial charge on any atom is -0.341 e. The van der Waals surface area contributed by atoms with Gasteiger partial charge in [0, 0.05) is 31.1 Å². The van der Waals surface area contributed by atoms with Gasteiger partial charge in [0.25, 0.3) is 0 Å². The fraction of sp³-hybridized carbons (Fsp3) is 0.500. The fourth-order valence-corrected chi connectivity index (χ4v) is 1.89. The van der Waals surface area contributed by atoms with E-state index in [2.05, 4.69) is 5.32 Å². The van der Waals surface area contributed by atoms with Crippen molar-refractivity contribution in [2.45, 2.75) is 20.4 Å². The minimum atomic E-state index is 0.00208. The Bertz CT molecular complexity index is 378. The van der Waals surface area contributed by atoms with Crippen molar-refractivity contribution in [1.29, 1.82) is 0 Å². The highest BCUT2D eigenvalue weighted by atomic mass is 35.5. The Morgan fingerprint density at radius 1 is 1.39 bits per heavy atom. The number of carbonyl (C=O) groups excluding carboxylic acids is 1. The first kappa shape index (κ1) is 15.0. The lowest BCUT2D eigenvalue weighted by molar-refractivity contribution is -0.134. The van der Waals surface area contributed by atoms with Crippen molar-refractivity contribution in [2.75, 3.05) is 20.1 Å². The number of hydrogen-bond acceptors (Lipinski definition) is 2. The third-order valence-electron chi connectivity index (χ3n) is 2.83. The van der Waals surface area contributed by atoms with Crippen LogP contribution in [0.5, 0.6) is 0 Å². The van der Waals surface area contributed by atoms with Gasteiger partial charge in [-0.05, 0) is 24.2 Å². The summed E-state index contributed by atoms with van der Waals surface area (Å²) < 4.78 is 0. The molecule has 1 atom stereocenters. The van der Waals surface area contributed by atoms with Gasteiger partial charge in [0.1, 0.15) is 0 Å². The van der Waals surface area contributed by atoms with Gasteiger partial charge in [-0.15, -0.1) is 0 Å². The second kappa shape index (κ2) is 7.39. The SMILES string of the molecule is CCNCC(C)C(=O)N(C)Cc1ccc(Cl)cc1. The van der Waals surface area contributed by atoms with Gasteiger partial charge in [-0.1, -0.05) is 37.6 Å². The summed E-state index contributed by atoms with van der Waals surface area (Å²) in [7, 11) is 1.83. The third kappa shape index (κ3) is 4.67. The standard InChI is InChI=1S/C14H21ClN2O/c1-4-16-9-11(2)14(18)17(3)10-12-5-7-13(15)8-6-12/h5-8,11,16H,4,9-10H2,1-3H3. The van der Waals surface area contributed by atoms with Gasteiger partial charge in [-0.25, -0.2) is 0 Å². The molecule has 0 saturated heterocycles. The number of nitrogens with one attached hydrogen (secondary N) is 1. The van der Waals surface area contributed by atoms with Crippen LogP contribution in [0, 0.1) is 5.92 Å². The highest BCUT2D eigenvalue weighted by molar-refractivity contribution is 6.30. The van der Waals surface area contributed by atoms with Crippen LogP contribution in [0.2, 0.25) is 5.02 Å². The normalized spacial score (nSPS) is 12.2. The average Bonchev–Trinajstić information content (AvgIpc) is 2.37. The Morgan fingerprint density at radius 2 is 2.00 bits per heavy atom. The molecular formula is C14H21ClN2O. The van der Waals surface area contributed by atoms with E-state index >= 15 is 0 Å². The van der Waals surface area contributed by atoms with Crippen LogP contribution in [-0.2, 0) is 11.3 Å². The van der Waals surface area contributed by atoms with Crippen molar-refractivity contribution in [1.82, 2.24) is 10.2 Å². The Hall–Kier alpha value is -1.06. The molecule has 0 aliphatic heterocycles. The van der Waals surface area contributed by atoms with Crippen molar-refractivity contribution in [3.63, 3.8) is 0 Å². The summed E-state index contributed by atoms with van der Waals surface area (Å²) in [6, 6.07) is 7.58. The van der Waals surface area contributed by atoms with Crippen LogP contribution in [0.3, 0.4) is 0 Å². The van der Waals surface area contributed by atoms with Gasteiger partial charge in [0.2, 0.25) is 5.91 Å². The zero-order chi connectivity index (χ0) is 13.5. The average molecular weight is 269 g/mol. The zero-order valence-electron chi connectivity index (χ0n) is 11.2. The number of hydrogen-bond donors (Lipinski definition) is 1. The fourth-order valence-electron chi connectivity index (χ4n) is 1.77. The molecule has 0 aliphatic carbocycles. The van der Waals surface area contributed by atoms with Crippen molar-refractivity contribution in [2.24, 2.45) is 5.92 Å². The number of nitrogens with zero attached hydrogens (tertiary/aromatic N) is 1. The topological polar surface area (TPSA) is 32.3 Å². The largest absolute Gasteiger partial charge is 0.341 e. The lowest BCUT2D eigenvalue weighted by atomic mass is 10.1.